The molecule has 0 unspecified atom stereocenters. The number of benzene rings is 1. The van der Waals surface area contributed by atoms with Crippen molar-refractivity contribution in [2.75, 3.05) is 5.75 Å². The number of carbonyl (C=O) groups excluding carboxylic acids is 2. The predicted octanol–water partition coefficient (Wildman–Crippen LogP) is 0.315. The van der Waals surface area contributed by atoms with Crippen LogP contribution in [-0.2, 0) is 25.4 Å². The van der Waals surface area contributed by atoms with E-state index >= 15 is 0 Å². The Balaban J connectivity index is 1.71. The van der Waals surface area contributed by atoms with Crippen molar-refractivity contribution in [2.45, 2.75) is 25.5 Å². The molecule has 2 N–H and O–H groups in total. The molecule has 30 heavy (non-hydrogen) atoms. The molecule has 2 heterocycles. The molecule has 2 amide bonds. The molecule has 3 aromatic rings. The van der Waals surface area contributed by atoms with Gasteiger partial charge in [-0.3, -0.25) is 34.4 Å². The smallest absolute Gasteiger partial charge is 0.313 e. The molecule has 10 nitrogen and oxygen atoms in total. The number of nitrogens with zero attached hydrogens (tertiary/aromatic N) is 4. The molecule has 11 heteroatoms. The zero-order chi connectivity index (χ0) is 22.0. The van der Waals surface area contributed by atoms with E-state index in [0.717, 1.165) is 21.9 Å². The van der Waals surface area contributed by atoms with E-state index in [9.17, 15) is 19.2 Å². The van der Waals surface area contributed by atoms with E-state index in [2.05, 4.69) is 15.8 Å². The lowest BCUT2D eigenvalue weighted by Crippen LogP contribution is -2.42. The topological polar surface area (TPSA) is 120 Å². The minimum atomic E-state index is -0.471. The summed E-state index contributed by atoms with van der Waals surface area (Å²) >= 11 is 1.11. The molecule has 0 aliphatic heterocycles. The summed E-state index contributed by atoms with van der Waals surface area (Å²) in [5.41, 5.74) is 5.84. The largest absolute Gasteiger partial charge is 0.332 e. The van der Waals surface area contributed by atoms with Gasteiger partial charge in [0.1, 0.15) is 0 Å². The van der Waals surface area contributed by atoms with E-state index in [0.29, 0.717) is 22.8 Å². The van der Waals surface area contributed by atoms with Crippen LogP contribution >= 0.6 is 11.8 Å². The lowest BCUT2D eigenvalue weighted by molar-refractivity contribution is -0.119. The van der Waals surface area contributed by atoms with Gasteiger partial charge in [0, 0.05) is 26.2 Å². The second-order valence-corrected chi connectivity index (χ2v) is 7.62. The monoisotopic (exact) mass is 430 g/mol. The lowest BCUT2D eigenvalue weighted by Gasteiger charge is -2.08. The minimum absolute atomic E-state index is 0.0360. The average Bonchev–Trinajstić information content (AvgIpc) is 3.12. The Hall–Kier alpha value is -3.34. The van der Waals surface area contributed by atoms with Gasteiger partial charge in [-0.25, -0.2) is 9.78 Å². The minimum Gasteiger partial charge on any atom is -0.313 e. The number of imidazole rings is 1. The number of fused-ring (bicyclic) bond motifs is 1. The number of amides is 2. The molecule has 3 rings (SSSR count). The second kappa shape index (κ2) is 8.57. The van der Waals surface area contributed by atoms with Crippen LogP contribution < -0.4 is 22.1 Å². The zero-order valence-electron chi connectivity index (χ0n) is 17.1. The Kier molecular flexibility index (Phi) is 6.11. The Labute approximate surface area is 175 Å². The predicted molar refractivity (Wildman–Crippen MR) is 113 cm³/mol. The van der Waals surface area contributed by atoms with Crippen LogP contribution in [0.3, 0.4) is 0 Å². The van der Waals surface area contributed by atoms with Crippen LogP contribution in [0.5, 0.6) is 0 Å². The van der Waals surface area contributed by atoms with Crippen LogP contribution in [0.15, 0.2) is 39.0 Å². The number of thioether (sulfide) groups is 1. The molecular weight excluding hydrogens is 408 g/mol. The highest BCUT2D eigenvalue weighted by atomic mass is 32.2. The molecule has 0 saturated heterocycles. The maximum atomic E-state index is 12.5. The summed E-state index contributed by atoms with van der Waals surface area (Å²) in [6.07, 6.45) is 0. The third-order valence-corrected chi connectivity index (χ3v) is 5.57. The van der Waals surface area contributed by atoms with Gasteiger partial charge in [0.05, 0.1) is 5.75 Å². The van der Waals surface area contributed by atoms with Crippen molar-refractivity contribution >= 4 is 34.7 Å². The Bertz CT molecular complexity index is 1240. The van der Waals surface area contributed by atoms with E-state index in [1.54, 1.807) is 35.9 Å². The molecule has 2 aromatic heterocycles. The van der Waals surface area contributed by atoms with Crippen LogP contribution in [-0.4, -0.2) is 36.3 Å². The molecular formula is C19H22N6O4S. The molecule has 0 bridgehead atoms. The summed E-state index contributed by atoms with van der Waals surface area (Å²) < 4.78 is 3.99. The van der Waals surface area contributed by atoms with Crippen LogP contribution in [0, 0.1) is 6.92 Å². The fourth-order valence-corrected chi connectivity index (χ4v) is 3.76. The molecule has 0 spiro atoms. The fourth-order valence-electron chi connectivity index (χ4n) is 2.90. The van der Waals surface area contributed by atoms with E-state index in [1.165, 1.54) is 11.6 Å². The molecule has 0 radical (unpaired) electrons. The first kappa shape index (κ1) is 21.4. The van der Waals surface area contributed by atoms with Gasteiger partial charge in [-0.15, -0.1) is 0 Å². The molecule has 0 atom stereocenters. The number of carbonyl (C=O) groups is 2. The van der Waals surface area contributed by atoms with Gasteiger partial charge in [-0.2, -0.15) is 0 Å². The van der Waals surface area contributed by atoms with E-state index < -0.39 is 23.1 Å². The maximum absolute atomic E-state index is 12.5. The summed E-state index contributed by atoms with van der Waals surface area (Å²) in [6.45, 7) is 4.20. The third kappa shape index (κ3) is 4.01. The molecule has 0 saturated carbocycles. The SMILES string of the molecule is CCn1c(SCC(=O)NNC(=O)c2ccc(C)cc2)nc2c1c(=O)n(C)c(=O)n2C. The van der Waals surface area contributed by atoms with Crippen molar-refractivity contribution in [3.63, 3.8) is 0 Å². The van der Waals surface area contributed by atoms with E-state index in [-0.39, 0.29) is 11.4 Å². The number of hydrogen-bond donors (Lipinski definition) is 2. The van der Waals surface area contributed by atoms with Crippen LogP contribution in [0.1, 0.15) is 22.8 Å². The van der Waals surface area contributed by atoms with Crippen molar-refractivity contribution < 1.29 is 9.59 Å². The highest BCUT2D eigenvalue weighted by Gasteiger charge is 2.19. The van der Waals surface area contributed by atoms with Gasteiger partial charge in [0.2, 0.25) is 5.91 Å². The van der Waals surface area contributed by atoms with Crippen molar-refractivity contribution in [3.05, 3.63) is 56.2 Å². The molecule has 1 aromatic carbocycles. The normalized spacial score (nSPS) is 10.9. The first-order valence-corrected chi connectivity index (χ1v) is 10.2. The second-order valence-electron chi connectivity index (χ2n) is 6.67. The van der Waals surface area contributed by atoms with Gasteiger partial charge in [-0.1, -0.05) is 29.5 Å². The van der Waals surface area contributed by atoms with E-state index in [4.69, 9.17) is 0 Å². The van der Waals surface area contributed by atoms with Crippen LogP contribution in [0.25, 0.3) is 11.2 Å². The standard InChI is InChI=1S/C19H22N6O4S/c1-5-25-14-15(23(3)19(29)24(4)17(14)28)20-18(25)30-10-13(26)21-22-16(27)12-8-6-11(2)7-9-12/h6-9H,5,10H2,1-4H3,(H,21,26)(H,22,27). The van der Waals surface area contributed by atoms with Crippen molar-refractivity contribution in [3.8, 4) is 0 Å². The average molecular weight is 430 g/mol. The third-order valence-electron chi connectivity index (χ3n) is 4.59. The summed E-state index contributed by atoms with van der Waals surface area (Å²) in [5.74, 6) is -0.893. The summed E-state index contributed by atoms with van der Waals surface area (Å²) in [5, 5.41) is 0.436. The van der Waals surface area contributed by atoms with Crippen molar-refractivity contribution in [2.24, 2.45) is 14.1 Å². The summed E-state index contributed by atoms with van der Waals surface area (Å²) in [7, 11) is 2.95. The number of nitrogens with one attached hydrogen (secondary N) is 2. The number of hydrazine groups is 1. The van der Waals surface area contributed by atoms with Gasteiger partial charge in [-0.05, 0) is 26.0 Å². The van der Waals surface area contributed by atoms with Gasteiger partial charge in [0.15, 0.2) is 16.3 Å². The van der Waals surface area contributed by atoms with Gasteiger partial charge < -0.3 is 4.57 Å². The lowest BCUT2D eigenvalue weighted by atomic mass is 10.1. The fraction of sp³-hybridized carbons (Fsp3) is 0.316. The number of aryl methyl sites for hydroxylation is 3. The first-order valence-electron chi connectivity index (χ1n) is 9.19. The Morgan fingerprint density at radius 3 is 2.37 bits per heavy atom. The van der Waals surface area contributed by atoms with Crippen LogP contribution in [0.4, 0.5) is 0 Å². The summed E-state index contributed by atoms with van der Waals surface area (Å²) in [6, 6.07) is 6.94. The van der Waals surface area contributed by atoms with E-state index in [1.807, 2.05) is 13.8 Å². The number of rotatable bonds is 5. The first-order chi connectivity index (χ1) is 14.2. The van der Waals surface area contributed by atoms with Crippen molar-refractivity contribution in [1.29, 1.82) is 0 Å². The zero-order valence-corrected chi connectivity index (χ0v) is 17.9. The highest BCUT2D eigenvalue weighted by Crippen LogP contribution is 2.21. The molecule has 0 fully saturated rings. The highest BCUT2D eigenvalue weighted by molar-refractivity contribution is 7.99. The van der Waals surface area contributed by atoms with Gasteiger partial charge >= 0.3 is 5.69 Å². The Morgan fingerprint density at radius 2 is 1.73 bits per heavy atom. The summed E-state index contributed by atoms with van der Waals surface area (Å²) in [4.78, 5) is 53.3. The molecule has 158 valence electrons. The quantitative estimate of drug-likeness (QED) is 0.444. The molecule has 0 aliphatic carbocycles. The van der Waals surface area contributed by atoms with Crippen LogP contribution in [0.2, 0.25) is 0 Å². The maximum Gasteiger partial charge on any atom is 0.332 e. The number of aromatic nitrogens is 4. The Morgan fingerprint density at radius 1 is 1.07 bits per heavy atom. The molecule has 0 aliphatic rings. The van der Waals surface area contributed by atoms with Crippen molar-refractivity contribution in [1.82, 2.24) is 29.5 Å². The van der Waals surface area contributed by atoms with Gasteiger partial charge in [0.25, 0.3) is 11.5 Å². The number of hydrogen-bond acceptors (Lipinski definition) is 6.